The Labute approximate surface area is 172 Å². The van der Waals surface area contributed by atoms with Crippen LogP contribution in [0.15, 0.2) is 41.0 Å². The van der Waals surface area contributed by atoms with Crippen molar-refractivity contribution in [2.45, 2.75) is 31.3 Å². The molecule has 0 bridgehead atoms. The first-order chi connectivity index (χ1) is 14.5. The van der Waals surface area contributed by atoms with Crippen LogP contribution in [0.4, 0.5) is 11.4 Å². The molecular weight excluding hydrogens is 388 g/mol. The van der Waals surface area contributed by atoms with Crippen LogP contribution in [0.5, 0.6) is 0 Å². The third kappa shape index (κ3) is 3.30. The van der Waals surface area contributed by atoms with Gasteiger partial charge in [0.2, 0.25) is 5.91 Å². The van der Waals surface area contributed by atoms with E-state index >= 15 is 0 Å². The number of carbonyl (C=O) groups is 2. The summed E-state index contributed by atoms with van der Waals surface area (Å²) in [6.07, 6.45) is 3.86. The van der Waals surface area contributed by atoms with Crippen molar-refractivity contribution < 1.29 is 18.9 Å². The van der Waals surface area contributed by atoms with Gasteiger partial charge in [-0.1, -0.05) is 0 Å². The molecule has 5 rings (SSSR count). The minimum Gasteiger partial charge on any atom is -0.459 e. The maximum Gasteiger partial charge on any atom is 0.289 e. The summed E-state index contributed by atoms with van der Waals surface area (Å²) in [6, 6.07) is 8.19. The number of benzene rings is 1. The predicted molar refractivity (Wildman–Crippen MR) is 107 cm³/mol. The molecule has 3 aliphatic rings. The number of amides is 2. The van der Waals surface area contributed by atoms with Crippen LogP contribution in [-0.2, 0) is 11.2 Å². The minimum atomic E-state index is -0.411. The summed E-state index contributed by atoms with van der Waals surface area (Å²) in [7, 11) is 0. The molecule has 1 saturated carbocycles. The third-order valence-electron chi connectivity index (χ3n) is 6.19. The molecule has 2 aliphatic heterocycles. The fourth-order valence-electron chi connectivity index (χ4n) is 4.50. The van der Waals surface area contributed by atoms with Gasteiger partial charge in [-0.15, -0.1) is 0 Å². The molecule has 2 fully saturated rings. The van der Waals surface area contributed by atoms with Crippen molar-refractivity contribution >= 4 is 23.2 Å². The summed E-state index contributed by atoms with van der Waals surface area (Å²) >= 11 is 0. The zero-order valence-electron chi connectivity index (χ0n) is 16.3. The number of fused-ring (bicyclic) bond motifs is 3. The number of nitro benzene ring substituents is 1. The van der Waals surface area contributed by atoms with Crippen LogP contribution in [-0.4, -0.2) is 53.4 Å². The Kier molecular flexibility index (Phi) is 4.45. The Balaban J connectivity index is 1.46. The number of furan rings is 1. The second-order valence-electron chi connectivity index (χ2n) is 8.15. The maximum absolute atomic E-state index is 13.0. The van der Waals surface area contributed by atoms with Gasteiger partial charge in [-0.05, 0) is 43.0 Å². The van der Waals surface area contributed by atoms with Gasteiger partial charge in [-0.2, -0.15) is 0 Å². The van der Waals surface area contributed by atoms with Crippen molar-refractivity contribution in [1.82, 2.24) is 10.2 Å². The highest BCUT2D eigenvalue weighted by atomic mass is 16.6. The molecule has 1 aliphatic carbocycles. The lowest BCUT2D eigenvalue weighted by atomic mass is 9.83. The summed E-state index contributed by atoms with van der Waals surface area (Å²) in [4.78, 5) is 40.5. The van der Waals surface area contributed by atoms with E-state index in [0.717, 1.165) is 24.1 Å². The summed E-state index contributed by atoms with van der Waals surface area (Å²) in [5.74, 6) is -0.325. The highest BCUT2D eigenvalue weighted by Gasteiger charge is 2.44. The van der Waals surface area contributed by atoms with Crippen molar-refractivity contribution in [1.29, 1.82) is 0 Å². The fraction of sp³-hybridized carbons (Fsp3) is 0.429. The normalized spacial score (nSPS) is 22.8. The van der Waals surface area contributed by atoms with E-state index in [0.29, 0.717) is 26.1 Å². The summed E-state index contributed by atoms with van der Waals surface area (Å²) < 4.78 is 5.26. The molecule has 0 unspecified atom stereocenters. The second-order valence-corrected chi connectivity index (χ2v) is 8.15. The van der Waals surface area contributed by atoms with E-state index in [2.05, 4.69) is 10.2 Å². The van der Waals surface area contributed by atoms with Crippen LogP contribution in [0.25, 0.3) is 0 Å². The Morgan fingerprint density at radius 2 is 2.03 bits per heavy atom. The van der Waals surface area contributed by atoms with Crippen molar-refractivity contribution in [3.63, 3.8) is 0 Å². The Bertz CT molecular complexity index is 1000. The van der Waals surface area contributed by atoms with Gasteiger partial charge in [-0.25, -0.2) is 0 Å². The van der Waals surface area contributed by atoms with Crippen LogP contribution in [0.3, 0.4) is 0 Å². The average Bonchev–Trinajstić information content (AvgIpc) is 3.39. The van der Waals surface area contributed by atoms with E-state index in [-0.39, 0.29) is 41.3 Å². The van der Waals surface area contributed by atoms with Crippen molar-refractivity contribution in [2.24, 2.45) is 5.92 Å². The van der Waals surface area contributed by atoms with E-state index in [4.69, 9.17) is 4.42 Å². The molecule has 30 heavy (non-hydrogen) atoms. The molecular formula is C21H22N4O5. The van der Waals surface area contributed by atoms with Crippen LogP contribution < -0.4 is 10.2 Å². The monoisotopic (exact) mass is 410 g/mol. The molecule has 3 heterocycles. The number of nitrogens with zero attached hydrogens (tertiary/aromatic N) is 3. The van der Waals surface area contributed by atoms with Gasteiger partial charge in [0.15, 0.2) is 5.76 Å². The molecule has 2 amide bonds. The first-order valence-corrected chi connectivity index (χ1v) is 10.2. The van der Waals surface area contributed by atoms with Gasteiger partial charge in [0, 0.05) is 43.5 Å². The van der Waals surface area contributed by atoms with E-state index in [1.54, 1.807) is 29.2 Å². The Morgan fingerprint density at radius 3 is 2.73 bits per heavy atom. The third-order valence-corrected chi connectivity index (χ3v) is 6.19. The molecule has 9 nitrogen and oxygen atoms in total. The van der Waals surface area contributed by atoms with Gasteiger partial charge in [0.25, 0.3) is 11.6 Å². The topological polar surface area (TPSA) is 109 Å². The lowest BCUT2D eigenvalue weighted by Crippen LogP contribution is -2.62. The second kappa shape index (κ2) is 7.16. The lowest BCUT2D eigenvalue weighted by molar-refractivity contribution is -0.384. The molecule has 2 atom stereocenters. The van der Waals surface area contributed by atoms with Gasteiger partial charge in [0.1, 0.15) is 0 Å². The zero-order valence-corrected chi connectivity index (χ0v) is 16.3. The van der Waals surface area contributed by atoms with Crippen LogP contribution >= 0.6 is 0 Å². The number of nitrogens with one attached hydrogen (secondary N) is 1. The van der Waals surface area contributed by atoms with Crippen molar-refractivity contribution in [2.75, 3.05) is 24.5 Å². The van der Waals surface area contributed by atoms with Gasteiger partial charge in [-0.3, -0.25) is 19.7 Å². The van der Waals surface area contributed by atoms with Crippen molar-refractivity contribution in [3.05, 3.63) is 58.0 Å². The Hall–Kier alpha value is -3.36. The summed E-state index contributed by atoms with van der Waals surface area (Å²) in [6.45, 7) is 1.44. The summed E-state index contributed by atoms with van der Waals surface area (Å²) in [5, 5.41) is 14.3. The summed E-state index contributed by atoms with van der Waals surface area (Å²) in [5.41, 5.74) is 1.74. The zero-order chi connectivity index (χ0) is 20.8. The van der Waals surface area contributed by atoms with Gasteiger partial charge in [0.05, 0.1) is 23.1 Å². The molecule has 0 radical (unpaired) electrons. The molecule has 0 spiro atoms. The number of hydrogen-bond donors (Lipinski definition) is 1. The largest absolute Gasteiger partial charge is 0.459 e. The number of nitro groups is 1. The maximum atomic E-state index is 13.0. The fourth-order valence-corrected chi connectivity index (χ4v) is 4.50. The highest BCUT2D eigenvalue weighted by Crippen LogP contribution is 2.38. The quantitative estimate of drug-likeness (QED) is 0.610. The van der Waals surface area contributed by atoms with Crippen LogP contribution in [0.2, 0.25) is 0 Å². The first-order valence-electron chi connectivity index (χ1n) is 10.2. The number of carbonyl (C=O) groups excluding carboxylic acids is 2. The number of rotatable bonds is 4. The van der Waals surface area contributed by atoms with E-state index in [9.17, 15) is 19.7 Å². The van der Waals surface area contributed by atoms with Gasteiger partial charge < -0.3 is 19.5 Å². The average molecular weight is 410 g/mol. The predicted octanol–water partition coefficient (Wildman–Crippen LogP) is 1.97. The Morgan fingerprint density at radius 1 is 1.20 bits per heavy atom. The van der Waals surface area contributed by atoms with Crippen LogP contribution in [0.1, 0.15) is 29.0 Å². The smallest absolute Gasteiger partial charge is 0.289 e. The van der Waals surface area contributed by atoms with Gasteiger partial charge >= 0.3 is 0 Å². The SMILES string of the molecule is O=C(NC1CC1)[C@H]1Cc2cc([N+](=O)[O-])ccc2N2CCN(C(=O)c3ccco3)C[C@H]12. The molecule has 1 aromatic carbocycles. The number of anilines is 1. The first kappa shape index (κ1) is 18.7. The van der Waals surface area contributed by atoms with E-state index in [1.165, 1.54) is 12.3 Å². The van der Waals surface area contributed by atoms with E-state index < -0.39 is 4.92 Å². The highest BCUT2D eigenvalue weighted by molar-refractivity contribution is 5.92. The molecule has 1 aromatic heterocycles. The molecule has 9 heteroatoms. The lowest BCUT2D eigenvalue weighted by Gasteiger charge is -2.48. The van der Waals surface area contributed by atoms with Crippen molar-refractivity contribution in [3.8, 4) is 0 Å². The van der Waals surface area contributed by atoms with E-state index in [1.807, 2.05) is 0 Å². The number of piperazine rings is 1. The molecule has 156 valence electrons. The van der Waals surface area contributed by atoms with Crippen LogP contribution in [0, 0.1) is 16.0 Å². The number of hydrogen-bond acceptors (Lipinski definition) is 6. The minimum absolute atomic E-state index is 0.0279. The molecule has 2 aromatic rings. The molecule has 1 N–H and O–H groups in total. The molecule has 1 saturated heterocycles. The number of non-ortho nitro benzene ring substituents is 1. The standard InChI is InChI=1S/C21H22N4O5/c26-20(22-14-3-4-14)16-11-13-10-15(25(28)29)5-6-17(13)24-8-7-23(12-18(16)24)21(27)19-2-1-9-30-19/h1-2,5-6,9-10,14,16,18H,3-4,7-8,11-12H2,(H,22,26)/t16-,18+/m0/s1.